The predicted molar refractivity (Wildman–Crippen MR) is 79.5 cm³/mol. The van der Waals surface area contributed by atoms with Crippen molar-refractivity contribution in [3.05, 3.63) is 16.4 Å². The van der Waals surface area contributed by atoms with Gasteiger partial charge in [-0.25, -0.2) is 0 Å². The van der Waals surface area contributed by atoms with Crippen molar-refractivity contribution in [3.8, 4) is 0 Å². The monoisotopic (exact) mass is 284 g/mol. The predicted octanol–water partition coefficient (Wildman–Crippen LogP) is 2.07. The summed E-state index contributed by atoms with van der Waals surface area (Å²) >= 11 is 6.40. The minimum Gasteiger partial charge on any atom is -0.317 e. The second kappa shape index (κ2) is 6.73. The van der Waals surface area contributed by atoms with Crippen LogP contribution in [0.5, 0.6) is 0 Å². The summed E-state index contributed by atoms with van der Waals surface area (Å²) in [6, 6.07) is 0. The summed E-state index contributed by atoms with van der Waals surface area (Å²) in [6.07, 6.45) is 3.46. The lowest BCUT2D eigenvalue weighted by atomic mass is 9.98. The second-order valence-electron chi connectivity index (χ2n) is 5.57. The van der Waals surface area contributed by atoms with E-state index < -0.39 is 0 Å². The molecule has 1 N–H and O–H groups in total. The van der Waals surface area contributed by atoms with Crippen molar-refractivity contribution in [1.29, 1.82) is 0 Å². The topological polar surface area (TPSA) is 33.1 Å². The number of aromatic nitrogens is 2. The molecule has 5 heteroatoms. The lowest BCUT2D eigenvalue weighted by molar-refractivity contribution is 0.230. The molecule has 108 valence electrons. The van der Waals surface area contributed by atoms with E-state index in [1.807, 2.05) is 11.7 Å². The van der Waals surface area contributed by atoms with E-state index >= 15 is 0 Å². The summed E-state index contributed by atoms with van der Waals surface area (Å²) in [5, 5.41) is 8.74. The zero-order chi connectivity index (χ0) is 13.8. The van der Waals surface area contributed by atoms with Crippen LogP contribution in [-0.4, -0.2) is 41.4 Å². The molecule has 1 fully saturated rings. The maximum absolute atomic E-state index is 6.40. The first-order valence-corrected chi connectivity index (χ1v) is 7.59. The molecule has 4 nitrogen and oxygen atoms in total. The van der Waals surface area contributed by atoms with Gasteiger partial charge in [0, 0.05) is 20.1 Å². The molecule has 0 saturated carbocycles. The highest BCUT2D eigenvalue weighted by Crippen LogP contribution is 2.22. The highest BCUT2D eigenvalue weighted by atomic mass is 35.5. The largest absolute Gasteiger partial charge is 0.317 e. The number of nitrogens with one attached hydrogen (secondary N) is 1. The third kappa shape index (κ3) is 3.71. The Morgan fingerprint density at radius 3 is 2.68 bits per heavy atom. The minimum atomic E-state index is 0.809. The molecule has 1 aromatic heterocycles. The van der Waals surface area contributed by atoms with E-state index in [1.54, 1.807) is 0 Å². The molecule has 1 aliphatic heterocycles. The van der Waals surface area contributed by atoms with Crippen molar-refractivity contribution in [1.82, 2.24) is 20.0 Å². The summed E-state index contributed by atoms with van der Waals surface area (Å²) in [7, 11) is 4.16. The van der Waals surface area contributed by atoms with Crippen LogP contribution in [0.3, 0.4) is 0 Å². The summed E-state index contributed by atoms with van der Waals surface area (Å²) < 4.78 is 1.93. The van der Waals surface area contributed by atoms with Gasteiger partial charge in [0.25, 0.3) is 0 Å². The Morgan fingerprint density at radius 1 is 1.42 bits per heavy atom. The van der Waals surface area contributed by atoms with Crippen LogP contribution in [0.2, 0.25) is 5.02 Å². The molecule has 0 unspecified atom stereocenters. The van der Waals surface area contributed by atoms with E-state index in [4.69, 9.17) is 11.6 Å². The van der Waals surface area contributed by atoms with Crippen molar-refractivity contribution in [3.63, 3.8) is 0 Å². The highest BCUT2D eigenvalue weighted by Gasteiger charge is 2.18. The summed E-state index contributed by atoms with van der Waals surface area (Å²) in [5.74, 6) is 0.809. The van der Waals surface area contributed by atoms with Crippen LogP contribution in [0.25, 0.3) is 0 Å². The Labute approximate surface area is 121 Å². The van der Waals surface area contributed by atoms with Crippen LogP contribution >= 0.6 is 11.6 Å². The summed E-state index contributed by atoms with van der Waals surface area (Å²) in [4.78, 5) is 2.37. The first kappa shape index (κ1) is 14.8. The fourth-order valence-electron chi connectivity index (χ4n) is 2.82. The van der Waals surface area contributed by atoms with Gasteiger partial charge in [0.2, 0.25) is 0 Å². The number of aryl methyl sites for hydroxylation is 2. The highest BCUT2D eigenvalue weighted by molar-refractivity contribution is 6.31. The molecule has 1 saturated heterocycles. The molecule has 0 aliphatic carbocycles. The standard InChI is InChI=1S/C14H25ClN4/c1-4-12-14(15)13(19(3)17-12)10-18(2)9-11-5-7-16-8-6-11/h11,16H,4-10H2,1-3H3. The van der Waals surface area contributed by atoms with Gasteiger partial charge in [0.15, 0.2) is 0 Å². The molecule has 2 rings (SSSR count). The molecule has 0 aromatic carbocycles. The first-order chi connectivity index (χ1) is 9.11. The third-order valence-corrected chi connectivity index (χ3v) is 4.39. The normalized spacial score (nSPS) is 17.3. The Bertz CT molecular complexity index is 410. The van der Waals surface area contributed by atoms with E-state index in [0.717, 1.165) is 54.9 Å². The molecule has 1 aliphatic rings. The lowest BCUT2D eigenvalue weighted by Crippen LogP contribution is -2.34. The molecule has 0 spiro atoms. The van der Waals surface area contributed by atoms with Crippen LogP contribution in [0, 0.1) is 5.92 Å². The Hall–Kier alpha value is -0.580. The van der Waals surface area contributed by atoms with Crippen molar-refractivity contribution in [2.24, 2.45) is 13.0 Å². The van der Waals surface area contributed by atoms with Gasteiger partial charge in [-0.15, -0.1) is 0 Å². The average molecular weight is 285 g/mol. The van der Waals surface area contributed by atoms with Crippen LogP contribution < -0.4 is 5.32 Å². The van der Waals surface area contributed by atoms with E-state index in [9.17, 15) is 0 Å². The van der Waals surface area contributed by atoms with Gasteiger partial charge < -0.3 is 10.2 Å². The van der Waals surface area contributed by atoms with Crippen molar-refractivity contribution < 1.29 is 0 Å². The van der Waals surface area contributed by atoms with E-state index in [2.05, 4.69) is 29.3 Å². The van der Waals surface area contributed by atoms with E-state index in [0.29, 0.717) is 0 Å². The van der Waals surface area contributed by atoms with Gasteiger partial charge >= 0.3 is 0 Å². The number of piperidine rings is 1. The minimum absolute atomic E-state index is 0.809. The first-order valence-electron chi connectivity index (χ1n) is 7.21. The smallest absolute Gasteiger partial charge is 0.0863 e. The van der Waals surface area contributed by atoms with Crippen LogP contribution in [-0.2, 0) is 20.0 Å². The Kier molecular flexibility index (Phi) is 5.25. The molecular formula is C14H25ClN4. The Balaban J connectivity index is 1.94. The molecule has 1 aromatic rings. The number of nitrogens with zero attached hydrogens (tertiary/aromatic N) is 3. The zero-order valence-electron chi connectivity index (χ0n) is 12.2. The number of halogens is 1. The van der Waals surface area contributed by atoms with Crippen molar-refractivity contribution in [2.75, 3.05) is 26.7 Å². The molecule has 0 atom stereocenters. The lowest BCUT2D eigenvalue weighted by Gasteiger charge is -2.27. The number of rotatable bonds is 5. The van der Waals surface area contributed by atoms with Crippen molar-refractivity contribution in [2.45, 2.75) is 32.7 Å². The quantitative estimate of drug-likeness (QED) is 0.899. The van der Waals surface area contributed by atoms with Crippen LogP contribution in [0.4, 0.5) is 0 Å². The maximum atomic E-state index is 6.40. The van der Waals surface area contributed by atoms with Gasteiger partial charge in [-0.3, -0.25) is 4.68 Å². The maximum Gasteiger partial charge on any atom is 0.0863 e. The molecule has 0 bridgehead atoms. The molecule has 0 amide bonds. The average Bonchev–Trinajstić information content (AvgIpc) is 2.67. The second-order valence-corrected chi connectivity index (χ2v) is 5.95. The molecule has 2 heterocycles. The van der Waals surface area contributed by atoms with Crippen LogP contribution in [0.1, 0.15) is 31.2 Å². The van der Waals surface area contributed by atoms with Gasteiger partial charge in [-0.05, 0) is 45.3 Å². The Morgan fingerprint density at radius 2 is 2.11 bits per heavy atom. The molecular weight excluding hydrogens is 260 g/mol. The summed E-state index contributed by atoms with van der Waals surface area (Å²) in [6.45, 7) is 6.43. The fraction of sp³-hybridized carbons (Fsp3) is 0.786. The van der Waals surface area contributed by atoms with Gasteiger partial charge in [0.05, 0.1) is 16.4 Å². The number of hydrogen-bond donors (Lipinski definition) is 1. The fourth-order valence-corrected chi connectivity index (χ4v) is 3.17. The molecule has 19 heavy (non-hydrogen) atoms. The van der Waals surface area contributed by atoms with Gasteiger partial charge in [-0.2, -0.15) is 5.10 Å². The van der Waals surface area contributed by atoms with Crippen LogP contribution in [0.15, 0.2) is 0 Å². The SMILES string of the molecule is CCc1nn(C)c(CN(C)CC2CCNCC2)c1Cl. The summed E-state index contributed by atoms with van der Waals surface area (Å²) in [5.41, 5.74) is 2.14. The molecule has 0 radical (unpaired) electrons. The van der Waals surface area contributed by atoms with E-state index in [1.165, 1.54) is 12.8 Å². The van der Waals surface area contributed by atoms with Crippen molar-refractivity contribution >= 4 is 11.6 Å². The third-order valence-electron chi connectivity index (χ3n) is 3.95. The van der Waals surface area contributed by atoms with E-state index in [-0.39, 0.29) is 0 Å². The zero-order valence-corrected chi connectivity index (χ0v) is 13.0. The van der Waals surface area contributed by atoms with Gasteiger partial charge in [0.1, 0.15) is 0 Å². The van der Waals surface area contributed by atoms with Gasteiger partial charge in [-0.1, -0.05) is 18.5 Å². The number of hydrogen-bond acceptors (Lipinski definition) is 3.